The zero-order valence-electron chi connectivity index (χ0n) is 6.00. The second kappa shape index (κ2) is 4.34. The number of rotatable bonds is 1. The van der Waals surface area contributed by atoms with E-state index < -0.39 is 0 Å². The van der Waals surface area contributed by atoms with Crippen molar-refractivity contribution in [3.05, 3.63) is 0 Å². The van der Waals surface area contributed by atoms with Crippen molar-refractivity contribution in [3.63, 3.8) is 0 Å². The van der Waals surface area contributed by atoms with Crippen LogP contribution in [0.2, 0.25) is 0 Å². The summed E-state index contributed by atoms with van der Waals surface area (Å²) in [5, 5.41) is 16.3. The third-order valence-corrected chi connectivity index (χ3v) is 1.07. The van der Waals surface area contributed by atoms with E-state index in [0.29, 0.717) is 5.84 Å². The highest BCUT2D eigenvalue weighted by molar-refractivity contribution is 5.80. The van der Waals surface area contributed by atoms with Crippen molar-refractivity contribution in [2.75, 3.05) is 13.6 Å². The SMILES string of the molecule is C/C(=N\C#N)N(C)CC#N. The maximum atomic E-state index is 8.22. The fourth-order valence-corrected chi connectivity index (χ4v) is 0.378. The average molecular weight is 136 g/mol. The zero-order chi connectivity index (χ0) is 7.98. The number of aliphatic imine (C=N–C) groups is 1. The lowest BCUT2D eigenvalue weighted by molar-refractivity contribution is 0.566. The van der Waals surface area contributed by atoms with Crippen molar-refractivity contribution in [2.24, 2.45) is 4.99 Å². The van der Waals surface area contributed by atoms with Gasteiger partial charge < -0.3 is 4.90 Å². The minimum Gasteiger partial charge on any atom is -0.349 e. The van der Waals surface area contributed by atoms with Gasteiger partial charge in [-0.1, -0.05) is 0 Å². The molecule has 0 amide bonds. The van der Waals surface area contributed by atoms with Crippen LogP contribution in [0, 0.1) is 22.8 Å². The summed E-state index contributed by atoms with van der Waals surface area (Å²) in [7, 11) is 1.71. The predicted octanol–water partition coefficient (Wildman–Crippen LogP) is 0.341. The topological polar surface area (TPSA) is 63.2 Å². The predicted molar refractivity (Wildman–Crippen MR) is 37.0 cm³/mol. The van der Waals surface area contributed by atoms with Gasteiger partial charge in [0.1, 0.15) is 12.4 Å². The van der Waals surface area contributed by atoms with Crippen LogP contribution >= 0.6 is 0 Å². The molecular formula is C6H8N4. The lowest BCUT2D eigenvalue weighted by Crippen LogP contribution is -2.23. The highest BCUT2D eigenvalue weighted by Gasteiger charge is 1.96. The van der Waals surface area contributed by atoms with Crippen LogP contribution < -0.4 is 0 Å². The first kappa shape index (κ1) is 8.45. The maximum Gasteiger partial charge on any atom is 0.207 e. The molecule has 0 aliphatic rings. The van der Waals surface area contributed by atoms with Crippen LogP contribution in [0.1, 0.15) is 6.92 Å². The van der Waals surface area contributed by atoms with E-state index in [9.17, 15) is 0 Å². The van der Waals surface area contributed by atoms with Crippen LogP contribution in [0.4, 0.5) is 0 Å². The minimum absolute atomic E-state index is 0.261. The van der Waals surface area contributed by atoms with E-state index in [2.05, 4.69) is 4.99 Å². The number of hydrogen-bond donors (Lipinski definition) is 0. The molecular weight excluding hydrogens is 128 g/mol. The quantitative estimate of drug-likeness (QED) is 0.226. The summed E-state index contributed by atoms with van der Waals surface area (Å²) >= 11 is 0. The normalized spacial score (nSPS) is 9.80. The lowest BCUT2D eigenvalue weighted by atomic mass is 10.5. The van der Waals surface area contributed by atoms with Gasteiger partial charge in [-0.25, -0.2) is 0 Å². The molecule has 0 rings (SSSR count). The Morgan fingerprint density at radius 1 is 1.60 bits per heavy atom. The Hall–Kier alpha value is -1.55. The van der Waals surface area contributed by atoms with Crippen LogP contribution in [0.5, 0.6) is 0 Å². The molecule has 0 bridgehead atoms. The zero-order valence-corrected chi connectivity index (χ0v) is 6.00. The maximum absolute atomic E-state index is 8.22. The van der Waals surface area contributed by atoms with Crippen LogP contribution in [0.15, 0.2) is 4.99 Å². The molecule has 4 nitrogen and oxygen atoms in total. The van der Waals surface area contributed by atoms with Gasteiger partial charge in [-0.2, -0.15) is 15.5 Å². The molecule has 0 aromatic carbocycles. The van der Waals surface area contributed by atoms with Gasteiger partial charge in [0.15, 0.2) is 0 Å². The summed E-state index contributed by atoms with van der Waals surface area (Å²) in [6, 6.07) is 1.94. The Kier molecular flexibility index (Phi) is 3.67. The fourth-order valence-electron chi connectivity index (χ4n) is 0.378. The molecule has 0 saturated heterocycles. The Morgan fingerprint density at radius 3 is 2.60 bits per heavy atom. The summed E-state index contributed by atoms with van der Waals surface area (Å²) < 4.78 is 0. The minimum atomic E-state index is 0.261. The van der Waals surface area contributed by atoms with E-state index in [1.54, 1.807) is 25.1 Å². The van der Waals surface area contributed by atoms with Crippen molar-refractivity contribution in [1.82, 2.24) is 4.90 Å². The molecule has 0 atom stereocenters. The van der Waals surface area contributed by atoms with Crippen LogP contribution in [0.3, 0.4) is 0 Å². The van der Waals surface area contributed by atoms with Crippen molar-refractivity contribution >= 4 is 5.84 Å². The number of amidine groups is 1. The van der Waals surface area contributed by atoms with Crippen molar-refractivity contribution in [1.29, 1.82) is 10.5 Å². The lowest BCUT2D eigenvalue weighted by Gasteiger charge is -2.11. The van der Waals surface area contributed by atoms with Gasteiger partial charge >= 0.3 is 0 Å². The first-order valence-electron chi connectivity index (χ1n) is 2.74. The monoisotopic (exact) mass is 136 g/mol. The second-order valence-electron chi connectivity index (χ2n) is 1.77. The second-order valence-corrected chi connectivity index (χ2v) is 1.77. The van der Waals surface area contributed by atoms with Crippen molar-refractivity contribution in [3.8, 4) is 12.3 Å². The third kappa shape index (κ3) is 2.68. The molecule has 0 aliphatic heterocycles. The Bertz CT molecular complexity index is 205. The number of hydrogen-bond acceptors (Lipinski definition) is 3. The molecule has 0 spiro atoms. The molecule has 0 N–H and O–H groups in total. The van der Waals surface area contributed by atoms with E-state index in [4.69, 9.17) is 10.5 Å². The van der Waals surface area contributed by atoms with Gasteiger partial charge in [-0.3, -0.25) is 0 Å². The van der Waals surface area contributed by atoms with Crippen LogP contribution in [-0.2, 0) is 0 Å². The summed E-state index contributed by atoms with van der Waals surface area (Å²) in [6.45, 7) is 1.94. The molecule has 10 heavy (non-hydrogen) atoms. The first-order chi connectivity index (χ1) is 4.72. The van der Waals surface area contributed by atoms with E-state index >= 15 is 0 Å². The highest BCUT2D eigenvalue weighted by atomic mass is 15.1. The van der Waals surface area contributed by atoms with E-state index in [1.165, 1.54) is 0 Å². The van der Waals surface area contributed by atoms with Gasteiger partial charge in [0.2, 0.25) is 6.19 Å². The van der Waals surface area contributed by atoms with Gasteiger partial charge in [-0.15, -0.1) is 0 Å². The average Bonchev–Trinajstić information content (AvgIpc) is 1.89. The molecule has 4 heteroatoms. The van der Waals surface area contributed by atoms with E-state index in [1.807, 2.05) is 6.07 Å². The molecule has 0 aromatic rings. The molecule has 52 valence electrons. The Morgan fingerprint density at radius 2 is 2.20 bits per heavy atom. The largest absolute Gasteiger partial charge is 0.349 e. The number of nitriles is 2. The standard InChI is InChI=1S/C6H8N4/c1-6(9-5-8)10(2)4-3-7/h4H2,1-2H3/b9-6+. The molecule has 0 aromatic heterocycles. The van der Waals surface area contributed by atoms with E-state index in [-0.39, 0.29) is 6.54 Å². The van der Waals surface area contributed by atoms with Gasteiger partial charge in [-0.05, 0) is 6.92 Å². The van der Waals surface area contributed by atoms with Crippen molar-refractivity contribution in [2.45, 2.75) is 6.92 Å². The van der Waals surface area contributed by atoms with Gasteiger partial charge in [0.25, 0.3) is 0 Å². The Labute approximate surface area is 60.0 Å². The molecule has 0 unspecified atom stereocenters. The van der Waals surface area contributed by atoms with Gasteiger partial charge in [0, 0.05) is 7.05 Å². The smallest absolute Gasteiger partial charge is 0.207 e. The van der Waals surface area contributed by atoms with Gasteiger partial charge in [0.05, 0.1) is 6.07 Å². The summed E-state index contributed by atoms with van der Waals surface area (Å²) in [5.74, 6) is 0.559. The highest BCUT2D eigenvalue weighted by Crippen LogP contribution is 1.84. The van der Waals surface area contributed by atoms with Crippen LogP contribution in [0.25, 0.3) is 0 Å². The molecule has 0 aliphatic carbocycles. The molecule has 0 fully saturated rings. The summed E-state index contributed by atoms with van der Waals surface area (Å²) in [6.07, 6.45) is 1.64. The van der Waals surface area contributed by atoms with Crippen molar-refractivity contribution < 1.29 is 0 Å². The fraction of sp³-hybridized carbons (Fsp3) is 0.500. The molecule has 0 heterocycles. The summed E-state index contributed by atoms with van der Waals surface area (Å²) in [4.78, 5) is 5.04. The third-order valence-electron chi connectivity index (χ3n) is 1.07. The number of nitrogens with zero attached hydrogens (tertiary/aromatic N) is 4. The Balaban J connectivity index is 3.99. The first-order valence-corrected chi connectivity index (χ1v) is 2.74. The van der Waals surface area contributed by atoms with E-state index in [0.717, 1.165) is 0 Å². The molecule has 0 radical (unpaired) electrons. The van der Waals surface area contributed by atoms with Crippen LogP contribution in [-0.4, -0.2) is 24.3 Å². The summed E-state index contributed by atoms with van der Waals surface area (Å²) in [5.41, 5.74) is 0. The molecule has 0 saturated carbocycles.